The minimum atomic E-state index is 0.317. The first-order valence-electron chi connectivity index (χ1n) is 4.57. The zero-order chi connectivity index (χ0) is 11.4. The number of anilines is 1. The maximum absolute atomic E-state index is 5.75. The van der Waals surface area contributed by atoms with Crippen LogP contribution in [0.4, 0.5) is 5.95 Å². The molecule has 16 heavy (non-hydrogen) atoms. The van der Waals surface area contributed by atoms with E-state index in [0.717, 1.165) is 5.56 Å². The fourth-order valence-electron chi connectivity index (χ4n) is 1.15. The van der Waals surface area contributed by atoms with Gasteiger partial charge in [-0.15, -0.1) is 0 Å². The lowest BCUT2D eigenvalue weighted by Crippen LogP contribution is -2.03. The molecule has 0 aliphatic carbocycles. The van der Waals surface area contributed by atoms with Gasteiger partial charge >= 0.3 is 0 Å². The van der Waals surface area contributed by atoms with Crippen molar-refractivity contribution >= 4 is 29.2 Å². The van der Waals surface area contributed by atoms with Crippen molar-refractivity contribution in [2.24, 2.45) is 0 Å². The fraction of sp³-hybridized carbons (Fsp3) is 0.100. The number of nitrogens with zero attached hydrogens (tertiary/aromatic N) is 3. The van der Waals surface area contributed by atoms with Gasteiger partial charge in [0, 0.05) is 25.0 Å². The van der Waals surface area contributed by atoms with Crippen LogP contribution in [0.3, 0.4) is 0 Å². The Morgan fingerprint density at radius 2 is 1.69 bits per heavy atom. The molecule has 0 spiro atoms. The van der Waals surface area contributed by atoms with E-state index in [9.17, 15) is 0 Å². The van der Waals surface area contributed by atoms with E-state index in [4.69, 9.17) is 23.2 Å². The van der Waals surface area contributed by atoms with Crippen LogP contribution in [0.25, 0.3) is 0 Å². The van der Waals surface area contributed by atoms with Crippen LogP contribution >= 0.6 is 23.2 Å². The third-order valence-corrected chi connectivity index (χ3v) is 2.25. The van der Waals surface area contributed by atoms with Crippen molar-refractivity contribution < 1.29 is 0 Å². The van der Waals surface area contributed by atoms with Gasteiger partial charge in [-0.05, 0) is 17.7 Å². The van der Waals surface area contributed by atoms with Gasteiger partial charge in [0.25, 0.3) is 0 Å². The predicted octanol–water partition coefficient (Wildman–Crippen LogP) is 2.79. The second-order valence-corrected chi connectivity index (χ2v) is 3.82. The molecular weight excluding hydrogens is 247 g/mol. The normalized spacial score (nSPS) is 10.1. The van der Waals surface area contributed by atoms with Crippen LogP contribution in [-0.4, -0.2) is 15.0 Å². The fourth-order valence-corrected chi connectivity index (χ4v) is 1.57. The number of rotatable bonds is 3. The van der Waals surface area contributed by atoms with Gasteiger partial charge in [-0.1, -0.05) is 23.2 Å². The summed E-state index contributed by atoms with van der Waals surface area (Å²) >= 11 is 11.5. The smallest absolute Gasteiger partial charge is 0.225 e. The number of nitrogens with one attached hydrogen (secondary N) is 1. The van der Waals surface area contributed by atoms with Crippen LogP contribution in [0, 0.1) is 0 Å². The summed E-state index contributed by atoms with van der Waals surface area (Å²) in [6.07, 6.45) is 3.45. The topological polar surface area (TPSA) is 50.7 Å². The molecule has 0 unspecified atom stereocenters. The Morgan fingerprint density at radius 1 is 1.06 bits per heavy atom. The van der Waals surface area contributed by atoms with Crippen molar-refractivity contribution in [2.45, 2.75) is 6.54 Å². The van der Waals surface area contributed by atoms with Crippen molar-refractivity contribution in [3.05, 3.63) is 46.5 Å². The first-order chi connectivity index (χ1) is 7.74. The molecule has 1 N–H and O–H groups in total. The van der Waals surface area contributed by atoms with Crippen LogP contribution in [0.5, 0.6) is 0 Å². The highest BCUT2D eigenvalue weighted by molar-refractivity contribution is 6.33. The minimum absolute atomic E-state index is 0.317. The highest BCUT2D eigenvalue weighted by atomic mass is 35.5. The molecule has 2 rings (SSSR count). The van der Waals surface area contributed by atoms with E-state index in [2.05, 4.69) is 20.3 Å². The molecule has 0 fully saturated rings. The molecule has 0 atom stereocenters. The summed E-state index contributed by atoms with van der Waals surface area (Å²) in [5.41, 5.74) is 1.08. The average molecular weight is 255 g/mol. The SMILES string of the molecule is Clc1cc(Cl)nc(NCc2ccncc2)n1. The van der Waals surface area contributed by atoms with E-state index in [0.29, 0.717) is 22.8 Å². The first kappa shape index (κ1) is 11.1. The Hall–Kier alpha value is -1.39. The summed E-state index contributed by atoms with van der Waals surface area (Å²) in [6, 6.07) is 5.29. The van der Waals surface area contributed by atoms with E-state index in [1.165, 1.54) is 6.07 Å². The van der Waals surface area contributed by atoms with E-state index < -0.39 is 0 Å². The second-order valence-electron chi connectivity index (χ2n) is 3.05. The summed E-state index contributed by atoms with van der Waals surface area (Å²) in [7, 11) is 0. The summed E-state index contributed by atoms with van der Waals surface area (Å²) in [6.45, 7) is 0.596. The summed E-state index contributed by atoms with van der Waals surface area (Å²) in [5.74, 6) is 0.411. The van der Waals surface area contributed by atoms with Gasteiger partial charge in [-0.25, -0.2) is 9.97 Å². The van der Waals surface area contributed by atoms with E-state index in [-0.39, 0.29) is 0 Å². The lowest BCUT2D eigenvalue weighted by molar-refractivity contribution is 1.05. The monoisotopic (exact) mass is 254 g/mol. The third-order valence-electron chi connectivity index (χ3n) is 1.86. The Kier molecular flexibility index (Phi) is 3.54. The number of hydrogen-bond donors (Lipinski definition) is 1. The quantitative estimate of drug-likeness (QED) is 0.857. The maximum atomic E-state index is 5.75. The Bertz CT molecular complexity index is 455. The van der Waals surface area contributed by atoms with Crippen molar-refractivity contribution in [3.63, 3.8) is 0 Å². The van der Waals surface area contributed by atoms with Crippen molar-refractivity contribution in [3.8, 4) is 0 Å². The Labute approximate surface area is 103 Å². The maximum Gasteiger partial charge on any atom is 0.225 e. The predicted molar refractivity (Wildman–Crippen MR) is 63.6 cm³/mol. The molecule has 2 aromatic heterocycles. The van der Waals surface area contributed by atoms with Crippen LogP contribution in [-0.2, 0) is 6.54 Å². The van der Waals surface area contributed by atoms with Gasteiger partial charge < -0.3 is 5.32 Å². The number of pyridine rings is 1. The largest absolute Gasteiger partial charge is 0.350 e. The molecule has 0 radical (unpaired) electrons. The molecule has 0 aliphatic rings. The van der Waals surface area contributed by atoms with E-state index in [1.54, 1.807) is 12.4 Å². The van der Waals surface area contributed by atoms with Gasteiger partial charge in [0.2, 0.25) is 5.95 Å². The van der Waals surface area contributed by atoms with Crippen molar-refractivity contribution in [1.82, 2.24) is 15.0 Å². The zero-order valence-corrected chi connectivity index (χ0v) is 9.70. The lowest BCUT2D eigenvalue weighted by atomic mass is 10.3. The summed E-state index contributed by atoms with van der Waals surface area (Å²) in [4.78, 5) is 11.9. The molecule has 82 valence electrons. The summed E-state index contributed by atoms with van der Waals surface area (Å²) < 4.78 is 0. The van der Waals surface area contributed by atoms with Crippen LogP contribution < -0.4 is 5.32 Å². The van der Waals surface area contributed by atoms with Crippen LogP contribution in [0.1, 0.15) is 5.56 Å². The van der Waals surface area contributed by atoms with Crippen molar-refractivity contribution in [1.29, 1.82) is 0 Å². The molecule has 0 bridgehead atoms. The van der Waals surface area contributed by atoms with Gasteiger partial charge in [0.15, 0.2) is 0 Å². The van der Waals surface area contributed by atoms with Gasteiger partial charge in [0.1, 0.15) is 10.3 Å². The van der Waals surface area contributed by atoms with Gasteiger partial charge in [-0.2, -0.15) is 0 Å². The van der Waals surface area contributed by atoms with Crippen LogP contribution in [0.15, 0.2) is 30.6 Å². The first-order valence-corrected chi connectivity index (χ1v) is 5.32. The van der Waals surface area contributed by atoms with Gasteiger partial charge in [-0.3, -0.25) is 4.98 Å². The molecule has 0 saturated heterocycles. The highest BCUT2D eigenvalue weighted by Crippen LogP contribution is 2.14. The molecule has 0 aliphatic heterocycles. The van der Waals surface area contributed by atoms with Crippen molar-refractivity contribution in [2.75, 3.05) is 5.32 Å². The Balaban J connectivity index is 2.05. The van der Waals surface area contributed by atoms with Crippen LogP contribution in [0.2, 0.25) is 10.3 Å². The molecule has 2 heterocycles. The third kappa shape index (κ3) is 3.05. The van der Waals surface area contributed by atoms with E-state index in [1.807, 2.05) is 12.1 Å². The average Bonchev–Trinajstić information content (AvgIpc) is 2.27. The van der Waals surface area contributed by atoms with E-state index >= 15 is 0 Å². The number of aromatic nitrogens is 3. The molecule has 4 nitrogen and oxygen atoms in total. The lowest BCUT2D eigenvalue weighted by Gasteiger charge is -2.04. The molecule has 0 aromatic carbocycles. The standard InChI is InChI=1S/C10H8Cl2N4/c11-8-5-9(12)16-10(15-8)14-6-7-1-3-13-4-2-7/h1-5H,6H2,(H,14,15,16). The zero-order valence-electron chi connectivity index (χ0n) is 8.19. The summed E-state index contributed by atoms with van der Waals surface area (Å²) in [5, 5.41) is 3.66. The molecule has 0 saturated carbocycles. The Morgan fingerprint density at radius 3 is 2.31 bits per heavy atom. The van der Waals surface area contributed by atoms with Gasteiger partial charge in [0.05, 0.1) is 0 Å². The molecular formula is C10H8Cl2N4. The molecule has 2 aromatic rings. The second kappa shape index (κ2) is 5.09. The molecule has 0 amide bonds. The highest BCUT2D eigenvalue weighted by Gasteiger charge is 2.01. The molecule has 6 heteroatoms. The minimum Gasteiger partial charge on any atom is -0.350 e. The number of hydrogen-bond acceptors (Lipinski definition) is 4. The number of halogens is 2.